The third-order valence-corrected chi connectivity index (χ3v) is 2.68. The molecule has 0 spiro atoms. The summed E-state index contributed by atoms with van der Waals surface area (Å²) in [5.74, 6) is 0.521. The number of hydrogen-bond acceptors (Lipinski definition) is 2. The molecule has 1 aromatic heterocycles. The molecule has 0 radical (unpaired) electrons. The molecule has 4 heteroatoms. The van der Waals surface area contributed by atoms with Crippen molar-refractivity contribution in [3.8, 4) is 0 Å². The maximum Gasteiger partial charge on any atom is 0.321 e. The first-order chi connectivity index (χ1) is 8.22. The van der Waals surface area contributed by atoms with E-state index in [1.807, 2.05) is 30.3 Å². The SMILES string of the molecule is CCCCN(C(N)=O)c1cc2ccccc2o1. The molecule has 1 aromatic carbocycles. The van der Waals surface area contributed by atoms with Crippen molar-refractivity contribution in [2.75, 3.05) is 11.4 Å². The van der Waals surface area contributed by atoms with Crippen LogP contribution >= 0.6 is 0 Å². The second kappa shape index (κ2) is 4.91. The van der Waals surface area contributed by atoms with Gasteiger partial charge >= 0.3 is 6.03 Å². The molecule has 2 rings (SSSR count). The summed E-state index contributed by atoms with van der Waals surface area (Å²) in [6, 6.07) is 9.02. The van der Waals surface area contributed by atoms with Crippen molar-refractivity contribution in [3.05, 3.63) is 30.3 Å². The Kier molecular flexibility index (Phi) is 3.32. The normalized spacial score (nSPS) is 10.6. The largest absolute Gasteiger partial charge is 0.440 e. The first kappa shape index (κ1) is 11.5. The van der Waals surface area contributed by atoms with Crippen molar-refractivity contribution in [1.82, 2.24) is 0 Å². The van der Waals surface area contributed by atoms with Gasteiger partial charge in [-0.1, -0.05) is 31.5 Å². The van der Waals surface area contributed by atoms with Gasteiger partial charge in [-0.05, 0) is 12.5 Å². The van der Waals surface area contributed by atoms with E-state index in [-0.39, 0.29) is 0 Å². The zero-order valence-electron chi connectivity index (χ0n) is 9.85. The van der Waals surface area contributed by atoms with E-state index in [1.54, 1.807) is 0 Å². The van der Waals surface area contributed by atoms with Gasteiger partial charge in [-0.15, -0.1) is 0 Å². The number of benzene rings is 1. The maximum absolute atomic E-state index is 11.4. The number of nitrogens with zero attached hydrogens (tertiary/aromatic N) is 1. The van der Waals surface area contributed by atoms with Gasteiger partial charge in [-0.2, -0.15) is 0 Å². The van der Waals surface area contributed by atoms with Crippen molar-refractivity contribution in [1.29, 1.82) is 0 Å². The van der Waals surface area contributed by atoms with Crippen LogP contribution in [0.1, 0.15) is 19.8 Å². The van der Waals surface area contributed by atoms with E-state index in [2.05, 4.69) is 6.92 Å². The lowest BCUT2D eigenvalue weighted by Crippen LogP contribution is -2.36. The number of hydrogen-bond donors (Lipinski definition) is 1. The van der Waals surface area contributed by atoms with Crippen LogP contribution in [0, 0.1) is 0 Å². The summed E-state index contributed by atoms with van der Waals surface area (Å²) in [4.78, 5) is 12.8. The molecule has 4 nitrogen and oxygen atoms in total. The van der Waals surface area contributed by atoms with Gasteiger partial charge in [-0.25, -0.2) is 4.79 Å². The predicted octanol–water partition coefficient (Wildman–Crippen LogP) is 3.12. The number of furan rings is 1. The minimum atomic E-state index is -0.475. The van der Waals surface area contributed by atoms with Gasteiger partial charge in [0.05, 0.1) is 0 Å². The van der Waals surface area contributed by atoms with E-state index in [0.717, 1.165) is 23.8 Å². The average Bonchev–Trinajstić information content (AvgIpc) is 2.72. The zero-order chi connectivity index (χ0) is 12.3. The molecule has 90 valence electrons. The smallest absolute Gasteiger partial charge is 0.321 e. The van der Waals surface area contributed by atoms with Crippen molar-refractivity contribution in [2.45, 2.75) is 19.8 Å². The van der Waals surface area contributed by atoms with Gasteiger partial charge < -0.3 is 10.2 Å². The lowest BCUT2D eigenvalue weighted by molar-refractivity contribution is 0.253. The molecule has 0 atom stereocenters. The number of urea groups is 1. The molecule has 0 saturated heterocycles. The van der Waals surface area contributed by atoms with Gasteiger partial charge in [-0.3, -0.25) is 4.90 Å². The Labute approximate surface area is 100.0 Å². The Balaban J connectivity index is 2.31. The molecular formula is C13H16N2O2. The minimum Gasteiger partial charge on any atom is -0.440 e. The van der Waals surface area contributed by atoms with E-state index < -0.39 is 6.03 Å². The number of carbonyl (C=O) groups excluding carboxylic acids is 1. The summed E-state index contributed by atoms with van der Waals surface area (Å²) in [7, 11) is 0. The highest BCUT2D eigenvalue weighted by Crippen LogP contribution is 2.25. The third kappa shape index (κ3) is 2.41. The van der Waals surface area contributed by atoms with Crippen molar-refractivity contribution in [3.63, 3.8) is 0 Å². The van der Waals surface area contributed by atoms with E-state index in [1.165, 1.54) is 4.90 Å². The molecule has 2 amide bonds. The zero-order valence-corrected chi connectivity index (χ0v) is 9.85. The van der Waals surface area contributed by atoms with Crippen LogP contribution in [0.2, 0.25) is 0 Å². The summed E-state index contributed by atoms with van der Waals surface area (Å²) >= 11 is 0. The lowest BCUT2D eigenvalue weighted by Gasteiger charge is -2.16. The fourth-order valence-electron chi connectivity index (χ4n) is 1.75. The second-order valence-corrected chi connectivity index (χ2v) is 3.97. The number of fused-ring (bicyclic) bond motifs is 1. The van der Waals surface area contributed by atoms with Crippen LogP contribution in [-0.4, -0.2) is 12.6 Å². The highest BCUT2D eigenvalue weighted by atomic mass is 16.4. The number of amides is 2. The quantitative estimate of drug-likeness (QED) is 0.880. The number of nitrogens with two attached hydrogens (primary N) is 1. The van der Waals surface area contributed by atoms with E-state index >= 15 is 0 Å². The van der Waals surface area contributed by atoms with Crippen molar-refractivity contribution >= 4 is 22.9 Å². The number of unbranched alkanes of at least 4 members (excludes halogenated alkanes) is 1. The molecule has 0 fully saturated rings. The first-order valence-electron chi connectivity index (χ1n) is 5.78. The number of para-hydroxylation sites is 1. The summed E-state index contributed by atoms with van der Waals surface area (Å²) < 4.78 is 5.61. The van der Waals surface area contributed by atoms with Crippen LogP contribution < -0.4 is 10.6 Å². The number of rotatable bonds is 4. The molecule has 0 unspecified atom stereocenters. The molecule has 0 aliphatic carbocycles. The molecule has 0 bridgehead atoms. The summed E-state index contributed by atoms with van der Waals surface area (Å²) in [5.41, 5.74) is 6.13. The fourth-order valence-corrected chi connectivity index (χ4v) is 1.75. The molecular weight excluding hydrogens is 216 g/mol. The molecule has 2 N–H and O–H groups in total. The highest BCUT2D eigenvalue weighted by Gasteiger charge is 2.15. The van der Waals surface area contributed by atoms with Crippen LogP contribution in [0.4, 0.5) is 10.7 Å². The number of anilines is 1. The predicted molar refractivity (Wildman–Crippen MR) is 68.1 cm³/mol. The monoisotopic (exact) mass is 232 g/mol. The molecule has 2 aromatic rings. The van der Waals surface area contributed by atoms with Gasteiger partial charge in [0.1, 0.15) is 5.58 Å². The van der Waals surface area contributed by atoms with E-state index in [4.69, 9.17) is 10.2 Å². The Morgan fingerprint density at radius 3 is 2.82 bits per heavy atom. The van der Waals surface area contributed by atoms with Crippen LogP contribution in [0.15, 0.2) is 34.7 Å². The topological polar surface area (TPSA) is 59.5 Å². The Bertz CT molecular complexity index is 486. The van der Waals surface area contributed by atoms with Crippen LogP contribution in [-0.2, 0) is 0 Å². The summed E-state index contributed by atoms with van der Waals surface area (Å²) in [6.07, 6.45) is 1.91. The standard InChI is InChI=1S/C13H16N2O2/c1-2-3-8-15(13(14)16)12-9-10-6-4-5-7-11(10)17-12/h4-7,9H,2-3,8H2,1H3,(H2,14,16). The highest BCUT2D eigenvalue weighted by molar-refractivity contribution is 5.92. The molecule has 0 aliphatic rings. The Hall–Kier alpha value is -1.97. The van der Waals surface area contributed by atoms with Crippen LogP contribution in [0.3, 0.4) is 0 Å². The maximum atomic E-state index is 11.4. The molecule has 17 heavy (non-hydrogen) atoms. The van der Waals surface area contributed by atoms with E-state index in [0.29, 0.717) is 12.4 Å². The van der Waals surface area contributed by atoms with E-state index in [9.17, 15) is 4.79 Å². The fraction of sp³-hybridized carbons (Fsp3) is 0.308. The number of carbonyl (C=O) groups is 1. The van der Waals surface area contributed by atoms with Gasteiger partial charge in [0.15, 0.2) is 0 Å². The third-order valence-electron chi connectivity index (χ3n) is 2.68. The van der Waals surface area contributed by atoms with Gasteiger partial charge in [0.25, 0.3) is 0 Å². The second-order valence-electron chi connectivity index (χ2n) is 3.97. The molecule has 0 saturated carbocycles. The minimum absolute atomic E-state index is 0.475. The van der Waals surface area contributed by atoms with Crippen molar-refractivity contribution in [2.24, 2.45) is 5.73 Å². The Morgan fingerprint density at radius 2 is 2.18 bits per heavy atom. The first-order valence-corrected chi connectivity index (χ1v) is 5.78. The van der Waals surface area contributed by atoms with Crippen LogP contribution in [0.25, 0.3) is 11.0 Å². The molecule has 1 heterocycles. The summed E-state index contributed by atoms with van der Waals surface area (Å²) in [6.45, 7) is 2.66. The average molecular weight is 232 g/mol. The lowest BCUT2D eigenvalue weighted by atomic mass is 10.2. The Morgan fingerprint density at radius 1 is 1.41 bits per heavy atom. The van der Waals surface area contributed by atoms with Crippen molar-refractivity contribution < 1.29 is 9.21 Å². The number of primary amides is 1. The van der Waals surface area contributed by atoms with Gasteiger partial charge in [0.2, 0.25) is 5.88 Å². The summed E-state index contributed by atoms with van der Waals surface area (Å²) in [5, 5.41) is 0.977. The van der Waals surface area contributed by atoms with Gasteiger partial charge in [0, 0.05) is 18.0 Å². The molecule has 0 aliphatic heterocycles. The van der Waals surface area contributed by atoms with Crippen LogP contribution in [0.5, 0.6) is 0 Å².